The number of hydrogen-bond donors (Lipinski definition) is 3. The molecular formula is C12H16N4O2. The molecule has 1 aromatic carbocycles. The second-order valence-corrected chi connectivity index (χ2v) is 4.28. The maximum Gasteiger partial charge on any atom is 0.254 e. The Bertz CT molecular complexity index is 475. The van der Waals surface area contributed by atoms with Gasteiger partial charge in [0.05, 0.1) is 0 Å². The van der Waals surface area contributed by atoms with Gasteiger partial charge in [-0.25, -0.2) is 0 Å². The van der Waals surface area contributed by atoms with Crippen molar-refractivity contribution >= 4 is 17.5 Å². The summed E-state index contributed by atoms with van der Waals surface area (Å²) in [6, 6.07) is 6.34. The van der Waals surface area contributed by atoms with Crippen LogP contribution in [0, 0.1) is 0 Å². The molecule has 5 N–H and O–H groups in total. The van der Waals surface area contributed by atoms with Crippen LogP contribution >= 0.6 is 0 Å². The first-order valence-corrected chi connectivity index (χ1v) is 5.80. The minimum atomic E-state index is -0.494. The zero-order chi connectivity index (χ0) is 13.1. The van der Waals surface area contributed by atoms with Gasteiger partial charge in [0.1, 0.15) is 6.04 Å². The van der Waals surface area contributed by atoms with E-state index in [0.29, 0.717) is 24.2 Å². The van der Waals surface area contributed by atoms with Crippen molar-refractivity contribution in [3.05, 3.63) is 29.8 Å². The molecule has 1 aromatic rings. The van der Waals surface area contributed by atoms with E-state index in [9.17, 15) is 9.59 Å². The number of nitrogens with zero attached hydrogens (tertiary/aromatic N) is 1. The molecule has 0 bridgehead atoms. The van der Waals surface area contributed by atoms with Crippen molar-refractivity contribution in [1.29, 1.82) is 0 Å². The first-order chi connectivity index (χ1) is 8.63. The Hall–Kier alpha value is -2.08. The molecule has 1 atom stereocenters. The number of likely N-dealkylation sites (tertiary alicyclic amines) is 1. The van der Waals surface area contributed by atoms with E-state index in [2.05, 4.69) is 5.43 Å². The lowest BCUT2D eigenvalue weighted by Gasteiger charge is -2.22. The van der Waals surface area contributed by atoms with Crippen LogP contribution in [0.4, 0.5) is 5.69 Å². The normalized spacial score (nSPS) is 18.7. The minimum Gasteiger partial charge on any atom is -0.368 e. The van der Waals surface area contributed by atoms with Crippen molar-refractivity contribution in [3.8, 4) is 0 Å². The number of hydrazine groups is 1. The Morgan fingerprint density at radius 1 is 1.39 bits per heavy atom. The molecule has 0 aliphatic carbocycles. The smallest absolute Gasteiger partial charge is 0.254 e. The summed E-state index contributed by atoms with van der Waals surface area (Å²) in [6.45, 7) is 0.562. The molecule has 0 saturated carbocycles. The average molecular weight is 248 g/mol. The molecular weight excluding hydrogens is 232 g/mol. The van der Waals surface area contributed by atoms with Gasteiger partial charge in [-0.15, -0.1) is 0 Å². The SMILES string of the molecule is NNc1cccc(C(=O)N2CCC[C@@H]2C(N)=O)c1. The Kier molecular flexibility index (Phi) is 3.47. The molecule has 1 aliphatic rings. The highest BCUT2D eigenvalue weighted by Crippen LogP contribution is 2.21. The Labute approximate surface area is 105 Å². The van der Waals surface area contributed by atoms with Gasteiger partial charge < -0.3 is 16.1 Å². The minimum absolute atomic E-state index is 0.187. The van der Waals surface area contributed by atoms with Gasteiger partial charge in [0.15, 0.2) is 0 Å². The van der Waals surface area contributed by atoms with Gasteiger partial charge in [0, 0.05) is 17.8 Å². The number of primary amides is 1. The molecule has 0 radical (unpaired) electrons. The molecule has 6 nitrogen and oxygen atoms in total. The Balaban J connectivity index is 2.22. The van der Waals surface area contributed by atoms with Crippen LogP contribution in [0.2, 0.25) is 0 Å². The quantitative estimate of drug-likeness (QED) is 0.520. The topological polar surface area (TPSA) is 101 Å². The van der Waals surface area contributed by atoms with E-state index in [0.717, 1.165) is 6.42 Å². The molecule has 1 fully saturated rings. The first kappa shape index (κ1) is 12.4. The molecule has 2 rings (SSSR count). The number of amides is 2. The maximum absolute atomic E-state index is 12.3. The summed E-state index contributed by atoms with van der Waals surface area (Å²) in [5.74, 6) is 4.66. The highest BCUT2D eigenvalue weighted by Gasteiger charge is 2.33. The number of benzene rings is 1. The van der Waals surface area contributed by atoms with Gasteiger partial charge in [-0.05, 0) is 31.0 Å². The number of carbonyl (C=O) groups excluding carboxylic acids is 2. The number of nitrogens with one attached hydrogen (secondary N) is 1. The zero-order valence-corrected chi connectivity index (χ0v) is 9.93. The molecule has 0 unspecified atom stereocenters. The van der Waals surface area contributed by atoms with E-state index in [-0.39, 0.29) is 5.91 Å². The third kappa shape index (κ3) is 2.28. The predicted octanol–water partition coefficient (Wildman–Crippen LogP) is 0.0621. The van der Waals surface area contributed by atoms with Crippen molar-refractivity contribution in [2.75, 3.05) is 12.0 Å². The highest BCUT2D eigenvalue weighted by molar-refractivity contribution is 5.98. The van der Waals surface area contributed by atoms with Gasteiger partial charge in [-0.3, -0.25) is 15.4 Å². The second kappa shape index (κ2) is 5.05. The molecule has 1 saturated heterocycles. The lowest BCUT2D eigenvalue weighted by atomic mass is 10.1. The average Bonchev–Trinajstić information content (AvgIpc) is 2.87. The lowest BCUT2D eigenvalue weighted by molar-refractivity contribution is -0.121. The third-order valence-corrected chi connectivity index (χ3v) is 3.12. The summed E-state index contributed by atoms with van der Waals surface area (Å²) in [4.78, 5) is 25.1. The van der Waals surface area contributed by atoms with E-state index in [4.69, 9.17) is 11.6 Å². The Morgan fingerprint density at radius 3 is 2.83 bits per heavy atom. The monoisotopic (exact) mass is 248 g/mol. The highest BCUT2D eigenvalue weighted by atomic mass is 16.2. The van der Waals surface area contributed by atoms with Crippen LogP contribution in [0.5, 0.6) is 0 Å². The summed E-state index contributed by atoms with van der Waals surface area (Å²) in [7, 11) is 0. The van der Waals surface area contributed by atoms with E-state index >= 15 is 0 Å². The largest absolute Gasteiger partial charge is 0.368 e. The maximum atomic E-state index is 12.3. The summed E-state index contributed by atoms with van der Waals surface area (Å²) in [5, 5.41) is 0. The van der Waals surface area contributed by atoms with E-state index in [1.807, 2.05) is 0 Å². The van der Waals surface area contributed by atoms with Crippen LogP contribution in [0.3, 0.4) is 0 Å². The summed E-state index contributed by atoms with van der Waals surface area (Å²) < 4.78 is 0. The number of carbonyl (C=O) groups is 2. The van der Waals surface area contributed by atoms with Crippen LogP contribution in [-0.4, -0.2) is 29.3 Å². The van der Waals surface area contributed by atoms with Crippen molar-refractivity contribution in [3.63, 3.8) is 0 Å². The molecule has 0 aromatic heterocycles. The summed E-state index contributed by atoms with van der Waals surface area (Å²) in [5.41, 5.74) is 8.93. The van der Waals surface area contributed by atoms with Crippen molar-refractivity contribution < 1.29 is 9.59 Å². The third-order valence-electron chi connectivity index (χ3n) is 3.12. The molecule has 1 heterocycles. The number of nitrogen functional groups attached to an aromatic ring is 1. The van der Waals surface area contributed by atoms with E-state index < -0.39 is 11.9 Å². The predicted molar refractivity (Wildman–Crippen MR) is 67.5 cm³/mol. The summed E-state index contributed by atoms with van der Waals surface area (Å²) in [6.07, 6.45) is 1.43. The first-order valence-electron chi connectivity index (χ1n) is 5.80. The van der Waals surface area contributed by atoms with Gasteiger partial charge in [0.2, 0.25) is 5.91 Å². The van der Waals surface area contributed by atoms with Gasteiger partial charge in [0.25, 0.3) is 5.91 Å². The Morgan fingerprint density at radius 2 is 2.17 bits per heavy atom. The summed E-state index contributed by atoms with van der Waals surface area (Å²) >= 11 is 0. The van der Waals surface area contributed by atoms with Crippen LogP contribution in [0.25, 0.3) is 0 Å². The molecule has 18 heavy (non-hydrogen) atoms. The van der Waals surface area contributed by atoms with Crippen LogP contribution in [0.15, 0.2) is 24.3 Å². The number of nitrogens with two attached hydrogens (primary N) is 2. The molecule has 2 amide bonds. The fourth-order valence-electron chi connectivity index (χ4n) is 2.21. The van der Waals surface area contributed by atoms with Gasteiger partial charge in [-0.1, -0.05) is 6.07 Å². The van der Waals surface area contributed by atoms with Crippen LogP contribution in [0.1, 0.15) is 23.2 Å². The zero-order valence-electron chi connectivity index (χ0n) is 9.93. The molecule has 96 valence electrons. The standard InChI is InChI=1S/C12H16N4O2/c13-11(17)10-5-2-6-16(10)12(18)8-3-1-4-9(7-8)15-14/h1,3-4,7,10,15H,2,5-6,14H2,(H2,13,17)/t10-/m1/s1. The fraction of sp³-hybridized carbons (Fsp3) is 0.333. The van der Waals surface area contributed by atoms with Crippen LogP contribution in [-0.2, 0) is 4.79 Å². The molecule has 6 heteroatoms. The van der Waals surface area contributed by atoms with Crippen molar-refractivity contribution in [2.45, 2.75) is 18.9 Å². The van der Waals surface area contributed by atoms with E-state index in [1.54, 1.807) is 24.3 Å². The lowest BCUT2D eigenvalue weighted by Crippen LogP contribution is -2.43. The molecule has 1 aliphatic heterocycles. The van der Waals surface area contributed by atoms with Crippen molar-refractivity contribution in [1.82, 2.24) is 4.90 Å². The number of rotatable bonds is 3. The van der Waals surface area contributed by atoms with Gasteiger partial charge >= 0.3 is 0 Å². The van der Waals surface area contributed by atoms with E-state index in [1.165, 1.54) is 4.90 Å². The van der Waals surface area contributed by atoms with Crippen LogP contribution < -0.4 is 17.0 Å². The second-order valence-electron chi connectivity index (χ2n) is 4.28. The van der Waals surface area contributed by atoms with Gasteiger partial charge in [-0.2, -0.15) is 0 Å². The molecule has 0 spiro atoms. The van der Waals surface area contributed by atoms with Crippen molar-refractivity contribution in [2.24, 2.45) is 11.6 Å². The number of hydrogen-bond acceptors (Lipinski definition) is 4. The number of anilines is 1. The fourth-order valence-corrected chi connectivity index (χ4v) is 2.21.